The van der Waals surface area contributed by atoms with Crippen LogP contribution in [-0.4, -0.2) is 298 Å². The zero-order valence-electron chi connectivity index (χ0n) is 79.3. The number of rotatable bonds is 27. The summed E-state index contributed by atoms with van der Waals surface area (Å²) in [5.74, 6) is -20.7. The van der Waals surface area contributed by atoms with Crippen molar-refractivity contribution in [3.63, 3.8) is 0 Å². The number of carbonyl (C=O) groups excluding carboxylic acids is 10. The zero-order chi connectivity index (χ0) is 109. The molecule has 150 heavy (non-hydrogen) atoms. The molecule has 9 aliphatic rings. The number of hydrogen-bond acceptors (Lipinski definition) is 39. The van der Waals surface area contributed by atoms with E-state index >= 15 is 28.8 Å². The van der Waals surface area contributed by atoms with Crippen LogP contribution in [0.3, 0.4) is 0 Å². The molecule has 0 unspecified atom stereocenters. The molecule has 7 aromatic carbocycles. The SMILES string of the molecule is CC(=O)N[C@H]1[C@H](O[C@@H]2c3ccc(c(Cl)c3)Oc3cc4cc(c3O[C@@H]3O[C@H](CO)[C@@H](O)[C@H](O)[C@H]3NC(=O)CCCCCCCC(C)C)Oc3ccc(cc3Cl)C[C@H]3NC(=O)[C@H](N)c5ccc(O)c(c5)Oc5cc(O)cc(c5)[C@H](NC3=O)C(=O)N[C@H]4C(=O)N[C@H]3C(=O)N[C@@H]2C(=O)N[C@@H](C(=O)OCOC(=O)NCCC(O)(P(=O)(O)O)P(=O)(O)O)c2cc(O)cc(O[C@H]4O[C@H](CO)[C@@H](O)[C@H](O)[C@@H]4O)c2-c2cc3ccc2O)O[C@H](CO)[C@@H](O)[C@@H]1O. The number of aliphatic hydroxyl groups excluding tert-OH is 10. The van der Waals surface area contributed by atoms with Gasteiger partial charge in [0.15, 0.2) is 35.3 Å². The maximum atomic E-state index is 17.2. The maximum Gasteiger partial charge on any atom is 0.410 e. The molecule has 0 radical (unpaired) electrons. The third-order valence-corrected chi connectivity index (χ3v) is 30.1. The average molecular weight is 2180 g/mol. The van der Waals surface area contributed by atoms with Crippen LogP contribution in [0.4, 0.5) is 4.79 Å². The number of aliphatic hydroxyl groups is 11. The Labute approximate surface area is 859 Å². The normalized spacial score (nSPS) is 27.1. The minimum Gasteiger partial charge on any atom is -0.508 e. The van der Waals surface area contributed by atoms with Crippen molar-refractivity contribution in [2.45, 2.75) is 224 Å². The quantitative estimate of drug-likeness (QED) is 0.0139. The van der Waals surface area contributed by atoms with Crippen LogP contribution < -0.4 is 77.3 Å². The van der Waals surface area contributed by atoms with Crippen LogP contribution in [0, 0.1) is 5.92 Å². The molecule has 56 heteroatoms. The molecular weight excluding hydrogens is 2070 g/mol. The van der Waals surface area contributed by atoms with Crippen LogP contribution >= 0.6 is 38.4 Å². The third-order valence-electron chi connectivity index (χ3n) is 25.7. The summed E-state index contributed by atoms with van der Waals surface area (Å²) < 4.78 is 92.6. The Bertz CT molecular complexity index is 6320. The lowest BCUT2D eigenvalue weighted by Crippen LogP contribution is -2.65. The van der Waals surface area contributed by atoms with Gasteiger partial charge in [-0.25, -0.2) is 9.59 Å². The van der Waals surface area contributed by atoms with Gasteiger partial charge >= 0.3 is 27.3 Å². The molecule has 0 aromatic heterocycles. The average Bonchev–Trinajstić information content (AvgIpc) is 0.755. The Kier molecular flexibility index (Phi) is 35.9. The number of hydrogen-bond donors (Lipinski definition) is 29. The highest BCUT2D eigenvalue weighted by Crippen LogP contribution is 2.69. The number of phenolic OH excluding ortho intramolecular Hbond substituents is 4. The zero-order valence-corrected chi connectivity index (χ0v) is 82.6. The number of carbonyl (C=O) groups is 10. The lowest BCUT2D eigenvalue weighted by atomic mass is 9.89. The van der Waals surface area contributed by atoms with E-state index in [0.717, 1.165) is 111 Å². The maximum absolute atomic E-state index is 17.2. The van der Waals surface area contributed by atoms with Crippen LogP contribution in [-0.2, 0) is 87.1 Å². The van der Waals surface area contributed by atoms with Crippen molar-refractivity contribution in [1.82, 2.24) is 47.9 Å². The number of alkyl carbamates (subject to hydrolysis) is 1. The minimum atomic E-state index is -6.16. The van der Waals surface area contributed by atoms with Crippen molar-refractivity contribution >= 4 is 97.7 Å². The van der Waals surface area contributed by atoms with Gasteiger partial charge in [-0.2, -0.15) is 0 Å². The Morgan fingerprint density at radius 2 is 1.07 bits per heavy atom. The molecule has 7 aromatic rings. The lowest BCUT2D eigenvalue weighted by Gasteiger charge is -2.44. The van der Waals surface area contributed by atoms with Gasteiger partial charge in [0.1, 0.15) is 156 Å². The summed E-state index contributed by atoms with van der Waals surface area (Å²) in [5.41, 5.74) is 1.87. The molecule has 23 atom stereocenters. The monoisotopic (exact) mass is 2180 g/mol. The summed E-state index contributed by atoms with van der Waals surface area (Å²) in [6.07, 6.45) is -30.1. The van der Waals surface area contributed by atoms with Gasteiger partial charge in [0.2, 0.25) is 72.4 Å². The van der Waals surface area contributed by atoms with Crippen LogP contribution in [0.2, 0.25) is 10.0 Å². The number of phenols is 4. The van der Waals surface area contributed by atoms with Gasteiger partial charge in [-0.05, 0) is 125 Å². The molecule has 52 nitrogen and oxygen atoms in total. The van der Waals surface area contributed by atoms with E-state index in [2.05, 4.69) is 56.4 Å². The predicted molar refractivity (Wildman–Crippen MR) is 509 cm³/mol. The largest absolute Gasteiger partial charge is 0.508 e. The summed E-state index contributed by atoms with van der Waals surface area (Å²) in [5, 5.41) is 189. The van der Waals surface area contributed by atoms with E-state index in [1.54, 1.807) is 5.32 Å². The van der Waals surface area contributed by atoms with Crippen molar-refractivity contribution < 1.29 is 205 Å². The van der Waals surface area contributed by atoms with Gasteiger partial charge in [-0.15, -0.1) is 0 Å². The van der Waals surface area contributed by atoms with E-state index in [0.29, 0.717) is 30.9 Å². The summed E-state index contributed by atoms with van der Waals surface area (Å²) in [6, 6.07) is -1.51. The molecular formula is C94H110Cl2N10O42P2. The van der Waals surface area contributed by atoms with Crippen molar-refractivity contribution in [2.24, 2.45) is 11.7 Å². The van der Waals surface area contributed by atoms with Crippen molar-refractivity contribution in [2.75, 3.05) is 33.2 Å². The van der Waals surface area contributed by atoms with E-state index in [1.165, 1.54) is 24.3 Å². The van der Waals surface area contributed by atoms with Crippen molar-refractivity contribution in [3.05, 3.63) is 164 Å². The Hall–Kier alpha value is -12.5. The highest BCUT2D eigenvalue weighted by Gasteiger charge is 2.60. The summed E-state index contributed by atoms with van der Waals surface area (Å²) in [7, 11) is -12.3. The number of fused-ring (bicyclic) bond motifs is 14. The van der Waals surface area contributed by atoms with E-state index in [1.807, 2.05) is 0 Å². The number of esters is 1. The number of unbranched alkanes of at least 4 members (excludes halogenated alkanes) is 4. The topological polar surface area (TPSA) is 825 Å². The third kappa shape index (κ3) is 25.4. The van der Waals surface area contributed by atoms with E-state index in [4.69, 9.17) is 81.0 Å². The molecule has 9 heterocycles. The molecule has 0 aliphatic carbocycles. The van der Waals surface area contributed by atoms with Gasteiger partial charge in [0.05, 0.1) is 29.9 Å². The first-order valence-corrected chi connectivity index (χ1v) is 50.7. The Balaban J connectivity index is 1.02. The van der Waals surface area contributed by atoms with Crippen LogP contribution in [0.25, 0.3) is 11.1 Å². The molecule has 9 aliphatic heterocycles. The molecule has 0 saturated carbocycles. The number of ether oxygens (including phenoxy) is 11. The lowest BCUT2D eigenvalue weighted by molar-refractivity contribution is -0.284. The predicted octanol–water partition coefficient (Wildman–Crippen LogP) is -0.0565. The number of halogens is 2. The second kappa shape index (κ2) is 47.6. The fraction of sp³-hybridized carbons (Fsp3) is 0.447. The smallest absolute Gasteiger partial charge is 0.410 e. The van der Waals surface area contributed by atoms with Crippen LogP contribution in [0.15, 0.2) is 115 Å². The minimum absolute atomic E-state index is 0.0109. The molecule has 812 valence electrons. The molecule has 3 saturated heterocycles. The molecule has 17 bridgehead atoms. The standard InChI is InChI=1S/C94H110Cl2N10O42P2/c1-37(2)9-7-5-4-6-8-10-64(115)101-72-78(120)75(117)62(34-108)145-91(72)148-82-59-28-44-29-60(82)142-56-18-14-42(26-51(56)96)81(147-90-71(99-38(3)110)77(119)74(116)61(33-107)144-90)73-88(128)105-70(89(129)138-36-139-93(130)98-20-19-94(131,149(132,133)134)150(135,136)137)49-31-46(112)32-58(143-92-80(122)79(121)76(118)63(35-109)146-92)65(49)48-25-41(13-15-53(48)113)67(85(125)106-73)103-87(127)69(44)104-86(126)68-43-23-45(111)30-47(24-43)140-57-27-40(12-16-54(57)114)66(97)84(124)100-52(83(123)102-68)22-39-11-17-55(141-59)50(95)21-39/h11-18,21,23-32,37,52,61-63,66-81,90-92,107-109,111-114,116-122,131H,4-10,19-20,22,33-36,97H2,1-3H3,(H,98,130)(H,99,110)(H,100,124)(H,101,115)(H,102,123)(H,103,127)(H,104,126)(H,105,128)(H,106,125)(H2,132,133,134)(H2,135,136,137)/t52-,61-,62-,63-,66-,67-,68+,69-,70-,71-,72-,73+,74-,75-,76-,77-,78-,79+,80+,81-,90+,91+,92+/m1/s1. The Morgan fingerprint density at radius 3 is 1.69 bits per heavy atom. The van der Waals surface area contributed by atoms with Gasteiger partial charge < -0.3 is 202 Å². The second-order valence-electron chi connectivity index (χ2n) is 36.8. The molecule has 16 rings (SSSR count). The van der Waals surface area contributed by atoms with Gasteiger partial charge in [0, 0.05) is 61.6 Å². The van der Waals surface area contributed by atoms with Crippen molar-refractivity contribution in [1.29, 1.82) is 0 Å². The van der Waals surface area contributed by atoms with Gasteiger partial charge in [-0.3, -0.25) is 47.5 Å². The highest BCUT2D eigenvalue weighted by atomic mass is 35.5. The number of amides is 9. The summed E-state index contributed by atoms with van der Waals surface area (Å²) in [6.45, 7) is -1.23. The first-order valence-electron chi connectivity index (χ1n) is 46.7. The number of nitrogens with one attached hydrogen (secondary N) is 9. The Morgan fingerprint density at radius 1 is 0.520 bits per heavy atom. The first kappa shape index (κ1) is 113. The van der Waals surface area contributed by atoms with Gasteiger partial charge in [0.25, 0.3) is 5.08 Å². The summed E-state index contributed by atoms with van der Waals surface area (Å²) in [4.78, 5) is 194. The second-order valence-corrected chi connectivity index (χ2v) is 41.6. The first-order chi connectivity index (χ1) is 70.9. The number of benzene rings is 7. The van der Waals surface area contributed by atoms with Crippen LogP contribution in [0.1, 0.15) is 147 Å². The molecule has 0 spiro atoms. The van der Waals surface area contributed by atoms with E-state index in [9.17, 15) is 124 Å². The molecule has 30 N–H and O–H groups in total. The van der Waals surface area contributed by atoms with Gasteiger partial charge in [-0.1, -0.05) is 93.4 Å². The summed E-state index contributed by atoms with van der Waals surface area (Å²) >= 11 is 14.8. The molecule has 9 amide bonds. The van der Waals surface area contributed by atoms with Crippen LogP contribution in [0.5, 0.6) is 69.0 Å². The number of aromatic hydroxyl groups is 4. The van der Waals surface area contributed by atoms with E-state index in [-0.39, 0.29) is 22.6 Å². The fourth-order valence-corrected chi connectivity index (χ4v) is 20.3. The highest BCUT2D eigenvalue weighted by molar-refractivity contribution is 7.72. The van der Waals surface area contributed by atoms with Crippen molar-refractivity contribution in [3.8, 4) is 80.1 Å². The number of nitrogens with two attached hydrogens (primary N) is 1. The molecule has 3 fully saturated rings. The fourth-order valence-electron chi connectivity index (χ4n) is 17.7. The van der Waals surface area contributed by atoms with E-state index < -0.39 is 379 Å².